The number of primary amides is 1. The van der Waals surface area contributed by atoms with Crippen LogP contribution in [0.4, 0.5) is 11.6 Å². The average molecular weight is 407 g/mol. The van der Waals surface area contributed by atoms with Crippen molar-refractivity contribution >= 4 is 34.5 Å². The highest BCUT2D eigenvalue weighted by molar-refractivity contribution is 6.05. The Hall–Kier alpha value is -3.62. The average Bonchev–Trinajstić information content (AvgIpc) is 3.26. The van der Waals surface area contributed by atoms with E-state index in [0.29, 0.717) is 42.2 Å². The largest absolute Gasteiger partial charge is 0.371 e. The maximum atomic E-state index is 13.0. The highest BCUT2D eigenvalue weighted by Crippen LogP contribution is 2.39. The van der Waals surface area contributed by atoms with Gasteiger partial charge in [-0.2, -0.15) is 5.10 Å². The number of aryl methyl sites for hydroxylation is 2. The lowest BCUT2D eigenvalue weighted by Crippen LogP contribution is -2.33. The predicted octanol–water partition coefficient (Wildman–Crippen LogP) is 2.48. The first-order valence-electron chi connectivity index (χ1n) is 9.87. The molecular formula is C21H25N7O2. The van der Waals surface area contributed by atoms with Gasteiger partial charge in [0.25, 0.3) is 5.91 Å². The zero-order valence-electron chi connectivity index (χ0n) is 17.3. The molecule has 0 fully saturated rings. The molecule has 0 spiro atoms. The van der Waals surface area contributed by atoms with Gasteiger partial charge >= 0.3 is 0 Å². The number of rotatable bonds is 6. The fraction of sp³-hybridized carbons (Fsp3) is 0.333. The summed E-state index contributed by atoms with van der Waals surface area (Å²) in [6.07, 6.45) is 2.57. The lowest BCUT2D eigenvalue weighted by atomic mass is 10.1. The molecule has 0 bridgehead atoms. The number of nitrogens with one attached hydrogen (secondary N) is 1. The molecule has 1 atom stereocenters. The second kappa shape index (κ2) is 7.33. The first-order chi connectivity index (χ1) is 14.3. The van der Waals surface area contributed by atoms with Crippen molar-refractivity contribution < 1.29 is 9.59 Å². The van der Waals surface area contributed by atoms with Crippen molar-refractivity contribution in [3.63, 3.8) is 0 Å². The van der Waals surface area contributed by atoms with Crippen LogP contribution in [-0.2, 0) is 6.54 Å². The van der Waals surface area contributed by atoms with Crippen LogP contribution < -0.4 is 16.0 Å². The molecule has 2 amide bonds. The second-order valence-corrected chi connectivity index (χ2v) is 7.53. The minimum absolute atomic E-state index is 0.0394. The summed E-state index contributed by atoms with van der Waals surface area (Å²) in [6, 6.07) is 5.23. The summed E-state index contributed by atoms with van der Waals surface area (Å²) in [5.41, 5.74) is 9.47. The van der Waals surface area contributed by atoms with Gasteiger partial charge < -0.3 is 15.2 Å². The molecule has 9 nitrogen and oxygen atoms in total. The summed E-state index contributed by atoms with van der Waals surface area (Å²) in [5.74, 6) is -0.367. The summed E-state index contributed by atoms with van der Waals surface area (Å²) >= 11 is 0. The van der Waals surface area contributed by atoms with Gasteiger partial charge in [0, 0.05) is 25.7 Å². The molecule has 0 aliphatic carbocycles. The third-order valence-electron chi connectivity index (χ3n) is 5.41. The monoisotopic (exact) mass is 407 g/mol. The number of nitrogens with zero attached hydrogens (tertiary/aromatic N) is 5. The van der Waals surface area contributed by atoms with Crippen molar-refractivity contribution in [3.8, 4) is 0 Å². The van der Waals surface area contributed by atoms with Crippen LogP contribution in [0.3, 0.4) is 0 Å². The van der Waals surface area contributed by atoms with Crippen LogP contribution in [-0.4, -0.2) is 44.7 Å². The molecule has 1 aliphatic rings. The lowest BCUT2D eigenvalue weighted by molar-refractivity contribution is 0.0996. The minimum atomic E-state index is -0.516. The third-order valence-corrected chi connectivity index (χ3v) is 5.41. The topological polar surface area (TPSA) is 111 Å². The van der Waals surface area contributed by atoms with Gasteiger partial charge in [-0.25, -0.2) is 4.98 Å². The molecule has 156 valence electrons. The molecule has 0 saturated heterocycles. The second-order valence-electron chi connectivity index (χ2n) is 7.53. The number of imidazole rings is 1. The van der Waals surface area contributed by atoms with E-state index in [9.17, 15) is 9.59 Å². The quantitative estimate of drug-likeness (QED) is 0.610. The number of amides is 2. The smallest absolute Gasteiger partial charge is 0.276 e. The first-order valence-corrected chi connectivity index (χ1v) is 9.87. The molecule has 0 radical (unpaired) electrons. The fourth-order valence-corrected chi connectivity index (χ4v) is 4.09. The van der Waals surface area contributed by atoms with E-state index in [1.165, 1.54) is 0 Å². The summed E-state index contributed by atoms with van der Waals surface area (Å²) in [6.45, 7) is 8.93. The van der Waals surface area contributed by atoms with Crippen LogP contribution in [0.5, 0.6) is 0 Å². The van der Waals surface area contributed by atoms with E-state index in [1.54, 1.807) is 22.9 Å². The maximum absolute atomic E-state index is 13.0. The zero-order valence-corrected chi connectivity index (χ0v) is 17.3. The first kappa shape index (κ1) is 19.7. The summed E-state index contributed by atoms with van der Waals surface area (Å²) in [4.78, 5) is 31.6. The molecule has 1 aromatic carbocycles. The number of benzene rings is 1. The van der Waals surface area contributed by atoms with Crippen molar-refractivity contribution in [2.75, 3.05) is 23.8 Å². The Morgan fingerprint density at radius 1 is 1.37 bits per heavy atom. The van der Waals surface area contributed by atoms with Crippen LogP contribution >= 0.6 is 0 Å². The van der Waals surface area contributed by atoms with E-state index in [1.807, 2.05) is 31.5 Å². The Kier molecular flexibility index (Phi) is 4.81. The Balaban J connectivity index is 1.86. The van der Waals surface area contributed by atoms with Gasteiger partial charge in [-0.15, -0.1) is 6.58 Å². The molecule has 1 aliphatic heterocycles. The van der Waals surface area contributed by atoms with E-state index in [0.717, 1.165) is 16.9 Å². The van der Waals surface area contributed by atoms with Gasteiger partial charge in [0.2, 0.25) is 11.9 Å². The molecule has 4 rings (SSSR count). The van der Waals surface area contributed by atoms with E-state index in [-0.39, 0.29) is 11.9 Å². The molecule has 3 aromatic rings. The van der Waals surface area contributed by atoms with Crippen LogP contribution in [0.2, 0.25) is 0 Å². The van der Waals surface area contributed by atoms with Crippen molar-refractivity contribution in [1.29, 1.82) is 0 Å². The van der Waals surface area contributed by atoms with E-state index in [4.69, 9.17) is 5.73 Å². The van der Waals surface area contributed by atoms with Crippen LogP contribution in [0.1, 0.15) is 45.9 Å². The number of nitrogens with two attached hydrogens (primary N) is 1. The summed E-state index contributed by atoms with van der Waals surface area (Å²) < 4.78 is 3.68. The van der Waals surface area contributed by atoms with E-state index < -0.39 is 5.91 Å². The zero-order chi connectivity index (χ0) is 21.6. The highest BCUT2D eigenvalue weighted by Gasteiger charge is 2.30. The van der Waals surface area contributed by atoms with Gasteiger partial charge in [0.15, 0.2) is 0 Å². The molecule has 30 heavy (non-hydrogen) atoms. The Labute approximate surface area is 174 Å². The summed E-state index contributed by atoms with van der Waals surface area (Å²) in [7, 11) is 1.97. The molecule has 0 saturated carbocycles. The van der Waals surface area contributed by atoms with E-state index in [2.05, 4.69) is 26.9 Å². The molecule has 9 heteroatoms. The highest BCUT2D eigenvalue weighted by atomic mass is 16.2. The minimum Gasteiger partial charge on any atom is -0.371 e. The predicted molar refractivity (Wildman–Crippen MR) is 116 cm³/mol. The van der Waals surface area contributed by atoms with Crippen molar-refractivity contribution in [2.24, 2.45) is 5.73 Å². The van der Waals surface area contributed by atoms with Crippen molar-refractivity contribution in [3.05, 3.63) is 47.8 Å². The van der Waals surface area contributed by atoms with Crippen molar-refractivity contribution in [2.45, 2.75) is 32.9 Å². The standard InChI is InChI=1S/C21H25N7O2/c1-5-7-14-11-26(4)16-10-13(19(22)29)9-15-18(16)28(14)21(23-15)24-20(30)17-8-12(3)25-27(17)6-2/h5,8-10,14H,1,6-7,11H2,2-4H3,(H2,22,29)(H,23,24,30)/t14-/m0/s1. The SMILES string of the molecule is C=CC[C@H]1CN(C)c2cc(C(N)=O)cc3nc(NC(=O)c4cc(C)nn4CC)n1c23. The Bertz CT molecular complexity index is 1170. The summed E-state index contributed by atoms with van der Waals surface area (Å²) in [5, 5.41) is 7.30. The molecular weight excluding hydrogens is 382 g/mol. The van der Waals surface area contributed by atoms with Gasteiger partial charge in [-0.3, -0.25) is 19.6 Å². The van der Waals surface area contributed by atoms with Crippen LogP contribution in [0.25, 0.3) is 11.0 Å². The number of allylic oxidation sites excluding steroid dienone is 1. The number of hydrogen-bond donors (Lipinski definition) is 2. The molecule has 3 heterocycles. The van der Waals surface area contributed by atoms with E-state index >= 15 is 0 Å². The molecule has 3 N–H and O–H groups in total. The Morgan fingerprint density at radius 3 is 2.80 bits per heavy atom. The lowest BCUT2D eigenvalue weighted by Gasteiger charge is -2.33. The number of likely N-dealkylation sites (N-methyl/N-ethyl adjacent to an activating group) is 1. The number of hydrogen-bond acceptors (Lipinski definition) is 5. The van der Waals surface area contributed by atoms with Crippen LogP contribution in [0.15, 0.2) is 30.9 Å². The van der Waals surface area contributed by atoms with Gasteiger partial charge in [-0.05, 0) is 38.5 Å². The number of anilines is 2. The molecule has 2 aromatic heterocycles. The van der Waals surface area contributed by atoms with Gasteiger partial charge in [-0.1, -0.05) is 6.08 Å². The molecule has 0 unspecified atom stereocenters. The van der Waals surface area contributed by atoms with Gasteiger partial charge in [0.05, 0.1) is 28.5 Å². The van der Waals surface area contributed by atoms with Gasteiger partial charge in [0.1, 0.15) is 5.69 Å². The Morgan fingerprint density at radius 2 is 2.13 bits per heavy atom. The number of aromatic nitrogens is 4. The third kappa shape index (κ3) is 3.12. The number of carbonyl (C=O) groups excluding carboxylic acids is 2. The van der Waals surface area contributed by atoms with Crippen LogP contribution in [0, 0.1) is 6.92 Å². The maximum Gasteiger partial charge on any atom is 0.276 e. The normalized spacial score (nSPS) is 15.4. The number of carbonyl (C=O) groups is 2. The van der Waals surface area contributed by atoms with Crippen molar-refractivity contribution in [1.82, 2.24) is 19.3 Å². The fourth-order valence-electron chi connectivity index (χ4n) is 4.09.